The van der Waals surface area contributed by atoms with Crippen molar-refractivity contribution in [2.24, 2.45) is 0 Å². The SMILES string of the molecule is O=[PH](OCCC(F)(F)C(F)(F)C(F)(F)C(F)(F)C(F)(F)C(F)(F)F)OCCC(F)(F)C(F)(F)C(F)(F)C(F)(F)C(F)(F)C(F)(F)F. The number of halogens is 26. The van der Waals surface area contributed by atoms with Gasteiger partial charge in [-0.25, -0.2) is 0 Å². The Hall–Kier alpha value is -1.67. The highest BCUT2D eigenvalue weighted by atomic mass is 31.1. The average Bonchev–Trinajstić information content (AvgIpc) is 2.81. The van der Waals surface area contributed by atoms with Crippen LogP contribution in [0.1, 0.15) is 12.8 Å². The molecule has 0 bridgehead atoms. The van der Waals surface area contributed by atoms with Gasteiger partial charge in [0.05, 0.1) is 13.2 Å². The summed E-state index contributed by atoms with van der Waals surface area (Å²) in [5.74, 6) is -78.7. The van der Waals surface area contributed by atoms with Crippen molar-refractivity contribution in [3.05, 3.63) is 0 Å². The Kier molecular flexibility index (Phi) is 11.9. The van der Waals surface area contributed by atoms with E-state index in [-0.39, 0.29) is 0 Å². The molecule has 46 heavy (non-hydrogen) atoms. The van der Waals surface area contributed by atoms with Crippen molar-refractivity contribution in [1.82, 2.24) is 0 Å². The molecule has 0 fully saturated rings. The first-order chi connectivity index (χ1) is 19.6. The zero-order chi connectivity index (χ0) is 37.8. The Morgan fingerprint density at radius 1 is 0.326 bits per heavy atom. The smallest absolute Gasteiger partial charge is 0.310 e. The maximum Gasteiger partial charge on any atom is 0.460 e. The van der Waals surface area contributed by atoms with Gasteiger partial charge in [0.15, 0.2) is 0 Å². The summed E-state index contributed by atoms with van der Waals surface area (Å²) in [6, 6.07) is 0. The number of hydrogen-bond donors (Lipinski definition) is 0. The van der Waals surface area contributed by atoms with E-state index in [0.29, 0.717) is 0 Å². The minimum atomic E-state index is -8.31. The quantitative estimate of drug-likeness (QED) is 0.116. The van der Waals surface area contributed by atoms with Crippen molar-refractivity contribution < 1.29 is 128 Å². The van der Waals surface area contributed by atoms with Crippen LogP contribution in [0.25, 0.3) is 0 Å². The fourth-order valence-corrected chi connectivity index (χ4v) is 3.11. The van der Waals surface area contributed by atoms with Crippen molar-refractivity contribution in [3.63, 3.8) is 0 Å². The highest BCUT2D eigenvalue weighted by Crippen LogP contribution is 2.62. The van der Waals surface area contributed by atoms with E-state index in [4.69, 9.17) is 0 Å². The predicted molar refractivity (Wildman–Crippen MR) is 91.7 cm³/mol. The molecule has 0 radical (unpaired) electrons. The summed E-state index contributed by atoms with van der Waals surface area (Å²) >= 11 is 0. The van der Waals surface area contributed by atoms with E-state index in [1.54, 1.807) is 0 Å². The lowest BCUT2D eigenvalue weighted by Crippen LogP contribution is -2.70. The van der Waals surface area contributed by atoms with Gasteiger partial charge in [0.25, 0.3) is 0 Å². The van der Waals surface area contributed by atoms with Crippen molar-refractivity contribution >= 4 is 8.25 Å². The highest BCUT2D eigenvalue weighted by Gasteiger charge is 2.92. The van der Waals surface area contributed by atoms with Gasteiger partial charge in [-0.05, 0) is 0 Å². The topological polar surface area (TPSA) is 35.5 Å². The molecule has 30 heteroatoms. The summed E-state index contributed by atoms with van der Waals surface area (Å²) in [4.78, 5) is 0. The van der Waals surface area contributed by atoms with Gasteiger partial charge in [-0.3, -0.25) is 4.57 Å². The molecule has 0 spiro atoms. The van der Waals surface area contributed by atoms with Gasteiger partial charge in [0.2, 0.25) is 0 Å². The van der Waals surface area contributed by atoms with Gasteiger partial charge in [-0.1, -0.05) is 0 Å². The Balaban J connectivity index is 5.63. The van der Waals surface area contributed by atoms with Crippen LogP contribution in [0.2, 0.25) is 0 Å². The number of rotatable bonds is 16. The van der Waals surface area contributed by atoms with Crippen LogP contribution in [0.3, 0.4) is 0 Å². The van der Waals surface area contributed by atoms with E-state index in [2.05, 4.69) is 9.05 Å². The molecule has 0 saturated heterocycles. The van der Waals surface area contributed by atoms with Gasteiger partial charge >= 0.3 is 79.8 Å². The van der Waals surface area contributed by atoms with Crippen LogP contribution >= 0.6 is 8.25 Å². The van der Waals surface area contributed by atoms with Crippen LogP contribution < -0.4 is 0 Å². The summed E-state index contributed by atoms with van der Waals surface area (Å²) in [7, 11) is -4.95. The molecule has 0 heterocycles. The fourth-order valence-electron chi connectivity index (χ4n) is 2.48. The fraction of sp³-hybridized carbons (Fsp3) is 1.00. The van der Waals surface area contributed by atoms with E-state index in [1.807, 2.05) is 0 Å². The lowest BCUT2D eigenvalue weighted by molar-refractivity contribution is -0.440. The second kappa shape index (κ2) is 12.3. The molecular formula is C16H9F26O3P. The highest BCUT2D eigenvalue weighted by molar-refractivity contribution is 7.33. The number of hydrogen-bond acceptors (Lipinski definition) is 3. The monoisotopic (exact) mass is 774 g/mol. The van der Waals surface area contributed by atoms with Crippen molar-refractivity contribution in [3.8, 4) is 0 Å². The lowest BCUT2D eigenvalue weighted by Gasteiger charge is -2.39. The van der Waals surface area contributed by atoms with Crippen LogP contribution in [-0.4, -0.2) is 84.8 Å². The van der Waals surface area contributed by atoms with Gasteiger partial charge in [-0.15, -0.1) is 0 Å². The van der Waals surface area contributed by atoms with Crippen molar-refractivity contribution in [2.75, 3.05) is 13.2 Å². The van der Waals surface area contributed by atoms with E-state index in [9.17, 15) is 119 Å². The average molecular weight is 774 g/mol. The second-order valence-electron chi connectivity index (χ2n) is 8.45. The first-order valence-corrected chi connectivity index (χ1v) is 11.5. The van der Waals surface area contributed by atoms with Gasteiger partial charge in [0.1, 0.15) is 0 Å². The number of alkyl halides is 26. The molecule has 0 N–H and O–H groups in total. The second-order valence-corrected chi connectivity index (χ2v) is 9.52. The zero-order valence-electron chi connectivity index (χ0n) is 20.4. The molecule has 0 aromatic rings. The molecule has 0 rings (SSSR count). The predicted octanol–water partition coefficient (Wildman–Crippen LogP) is 9.67. The summed E-state index contributed by atoms with van der Waals surface area (Å²) in [6.45, 7) is -5.05. The molecule has 0 aliphatic rings. The minimum Gasteiger partial charge on any atom is -0.310 e. The van der Waals surface area contributed by atoms with Crippen molar-refractivity contribution in [2.45, 2.75) is 84.4 Å². The van der Waals surface area contributed by atoms with Gasteiger partial charge < -0.3 is 9.05 Å². The Labute approximate surface area is 235 Å². The standard InChI is InChI=1S/C16H9F26O3P/c17-5(18,7(21,22)9(25,26)11(29,30)13(33,34)15(37,38)39)1-3-44-46(43)45-4-2-6(19,20)8(23,24)10(27,28)12(31,32)14(35,36)16(40,41)42/h46H,1-4H2. The van der Waals surface area contributed by atoms with Crippen LogP contribution in [-0.2, 0) is 13.6 Å². The molecule has 3 nitrogen and oxygen atoms in total. The molecule has 0 aromatic heterocycles. The summed E-state index contributed by atoms with van der Waals surface area (Å²) < 4.78 is 355. The van der Waals surface area contributed by atoms with Crippen LogP contribution in [0.4, 0.5) is 114 Å². The maximum atomic E-state index is 13.5. The third-order valence-corrected chi connectivity index (χ3v) is 6.15. The molecule has 0 atom stereocenters. The molecule has 0 aromatic carbocycles. The Morgan fingerprint density at radius 2 is 0.522 bits per heavy atom. The largest absolute Gasteiger partial charge is 0.460 e. The van der Waals surface area contributed by atoms with Crippen LogP contribution in [0.5, 0.6) is 0 Å². The van der Waals surface area contributed by atoms with E-state index in [1.165, 1.54) is 0 Å². The van der Waals surface area contributed by atoms with E-state index >= 15 is 0 Å². The zero-order valence-corrected chi connectivity index (χ0v) is 21.4. The first kappa shape index (κ1) is 44.3. The van der Waals surface area contributed by atoms with E-state index in [0.717, 1.165) is 0 Å². The maximum absolute atomic E-state index is 13.5. The van der Waals surface area contributed by atoms with Gasteiger partial charge in [0, 0.05) is 12.8 Å². The Bertz CT molecular complexity index is 992. The van der Waals surface area contributed by atoms with Crippen molar-refractivity contribution in [1.29, 1.82) is 0 Å². The summed E-state index contributed by atoms with van der Waals surface area (Å²) in [5.41, 5.74) is 0. The third kappa shape index (κ3) is 6.91. The lowest BCUT2D eigenvalue weighted by atomic mass is 9.93. The normalized spacial score (nSPS) is 16.4. The first-order valence-electron chi connectivity index (χ1n) is 10.3. The third-order valence-electron chi connectivity index (χ3n) is 5.27. The molecular weight excluding hydrogens is 765 g/mol. The van der Waals surface area contributed by atoms with Crippen LogP contribution in [0.15, 0.2) is 0 Å². The molecule has 0 saturated carbocycles. The molecule has 0 aliphatic carbocycles. The van der Waals surface area contributed by atoms with E-state index < -0.39 is 106 Å². The van der Waals surface area contributed by atoms with Crippen LogP contribution in [0, 0.1) is 0 Å². The molecule has 0 amide bonds. The Morgan fingerprint density at radius 3 is 0.717 bits per heavy atom. The van der Waals surface area contributed by atoms with Gasteiger partial charge in [-0.2, -0.15) is 114 Å². The summed E-state index contributed by atoms with van der Waals surface area (Å²) in [6.07, 6.45) is -21.9. The molecule has 278 valence electrons. The molecule has 0 unspecified atom stereocenters. The molecule has 0 aliphatic heterocycles. The summed E-state index contributed by atoms with van der Waals surface area (Å²) in [5, 5.41) is 0. The minimum absolute atomic E-state index is 2.53.